The Kier molecular flexibility index (Phi) is 7.04. The molecule has 0 bridgehead atoms. The average Bonchev–Trinajstić information content (AvgIpc) is 3.45. The van der Waals surface area contributed by atoms with E-state index in [1.165, 1.54) is 46.7 Å². The second-order valence-corrected chi connectivity index (χ2v) is 13.3. The van der Waals surface area contributed by atoms with Crippen molar-refractivity contribution < 1.29 is 4.79 Å². The summed E-state index contributed by atoms with van der Waals surface area (Å²) in [6.45, 7) is 13.8. The standard InChI is InChI=1S/C31H41N5O2S/c1-18-14-19(2)33-30(37)26(18)17-34-13-11-27-28(31(34)38)22(5)29(39-27)21(4)23-6-8-24(9-7-23)35-15-25(16-35)36-20(3)10-12-32-36/h10,12,14,21,23-25H,6-9,11,13,15-17H2,1-5H3,(H,33,37)/t21-,23-,24-/m1/s1. The van der Waals surface area contributed by atoms with Crippen molar-refractivity contribution in [2.45, 2.75) is 91.3 Å². The Morgan fingerprint density at radius 3 is 2.49 bits per heavy atom. The van der Waals surface area contributed by atoms with E-state index in [0.29, 0.717) is 42.6 Å². The molecule has 3 aromatic heterocycles. The number of aryl methyl sites for hydroxylation is 3. The van der Waals surface area contributed by atoms with Gasteiger partial charge in [-0.25, -0.2) is 0 Å². The van der Waals surface area contributed by atoms with E-state index in [2.05, 4.69) is 46.5 Å². The Bertz CT molecular complexity index is 1440. The number of nitrogens with one attached hydrogen (secondary N) is 1. The van der Waals surface area contributed by atoms with Crippen LogP contribution >= 0.6 is 11.3 Å². The molecule has 39 heavy (non-hydrogen) atoms. The van der Waals surface area contributed by atoms with Crippen LogP contribution in [-0.2, 0) is 13.0 Å². The molecule has 6 rings (SSSR count). The Hall–Kier alpha value is -2.71. The second-order valence-electron chi connectivity index (χ2n) is 12.2. The summed E-state index contributed by atoms with van der Waals surface area (Å²) in [5.41, 5.74) is 5.76. The molecule has 1 saturated heterocycles. The monoisotopic (exact) mass is 547 g/mol. The van der Waals surface area contributed by atoms with Gasteiger partial charge in [0.2, 0.25) is 0 Å². The van der Waals surface area contributed by atoms with Gasteiger partial charge >= 0.3 is 0 Å². The lowest BCUT2D eigenvalue weighted by Gasteiger charge is -2.47. The van der Waals surface area contributed by atoms with Gasteiger partial charge in [0.15, 0.2) is 0 Å². The number of carbonyl (C=O) groups excluding carboxylic acids is 1. The molecule has 0 spiro atoms. The highest BCUT2D eigenvalue weighted by atomic mass is 32.1. The highest BCUT2D eigenvalue weighted by molar-refractivity contribution is 7.12. The maximum absolute atomic E-state index is 13.6. The molecule has 3 aliphatic rings. The van der Waals surface area contributed by atoms with Crippen LogP contribution in [0.3, 0.4) is 0 Å². The molecule has 0 unspecified atom stereocenters. The van der Waals surface area contributed by atoms with Crippen molar-refractivity contribution in [3.8, 4) is 0 Å². The molecule has 2 fully saturated rings. The maximum atomic E-state index is 13.6. The molecule has 1 saturated carbocycles. The fourth-order valence-corrected chi connectivity index (χ4v) is 8.72. The van der Waals surface area contributed by atoms with E-state index < -0.39 is 0 Å². The summed E-state index contributed by atoms with van der Waals surface area (Å²) in [6.07, 6.45) is 7.83. The molecule has 1 aliphatic carbocycles. The van der Waals surface area contributed by atoms with Gasteiger partial charge in [-0.2, -0.15) is 5.10 Å². The van der Waals surface area contributed by atoms with Crippen LogP contribution in [0.25, 0.3) is 0 Å². The van der Waals surface area contributed by atoms with Crippen LogP contribution in [0.15, 0.2) is 23.1 Å². The number of rotatable bonds is 6. The molecular weight excluding hydrogens is 506 g/mol. The molecule has 0 aromatic carbocycles. The zero-order chi connectivity index (χ0) is 27.4. The molecule has 5 heterocycles. The number of thiophene rings is 1. The lowest BCUT2D eigenvalue weighted by Crippen LogP contribution is -2.54. The van der Waals surface area contributed by atoms with Crippen LogP contribution in [0.5, 0.6) is 0 Å². The third-order valence-corrected chi connectivity index (χ3v) is 11.2. The average molecular weight is 548 g/mol. The lowest BCUT2D eigenvalue weighted by atomic mass is 9.76. The van der Waals surface area contributed by atoms with Crippen molar-refractivity contribution in [1.29, 1.82) is 0 Å². The van der Waals surface area contributed by atoms with Gasteiger partial charge in [-0.1, -0.05) is 6.92 Å². The van der Waals surface area contributed by atoms with E-state index in [9.17, 15) is 9.59 Å². The number of nitrogens with zero attached hydrogens (tertiary/aromatic N) is 4. The highest BCUT2D eigenvalue weighted by Gasteiger charge is 2.38. The first-order chi connectivity index (χ1) is 18.7. The first kappa shape index (κ1) is 26.5. The van der Waals surface area contributed by atoms with Gasteiger partial charge in [0.1, 0.15) is 0 Å². The molecule has 1 atom stereocenters. The Balaban J connectivity index is 1.09. The number of hydrogen-bond acceptors (Lipinski definition) is 5. The number of aromatic amines is 1. The Labute approximate surface area is 235 Å². The zero-order valence-corrected chi connectivity index (χ0v) is 24.7. The number of H-pyrrole nitrogens is 1. The first-order valence-corrected chi connectivity index (χ1v) is 15.4. The van der Waals surface area contributed by atoms with Gasteiger partial charge in [-0.15, -0.1) is 11.3 Å². The molecule has 1 amide bonds. The number of amides is 1. The van der Waals surface area contributed by atoms with E-state index in [0.717, 1.165) is 36.3 Å². The molecule has 8 heteroatoms. The van der Waals surface area contributed by atoms with Crippen LogP contribution in [0.1, 0.15) is 92.8 Å². The summed E-state index contributed by atoms with van der Waals surface area (Å²) >= 11 is 1.87. The van der Waals surface area contributed by atoms with Gasteiger partial charge in [0.05, 0.1) is 18.2 Å². The predicted molar refractivity (Wildman–Crippen MR) is 156 cm³/mol. The van der Waals surface area contributed by atoms with Gasteiger partial charge in [-0.3, -0.25) is 19.2 Å². The number of likely N-dealkylation sites (tertiary alicyclic amines) is 1. The van der Waals surface area contributed by atoms with Crippen molar-refractivity contribution in [2.75, 3.05) is 19.6 Å². The second kappa shape index (κ2) is 10.4. The predicted octanol–water partition coefficient (Wildman–Crippen LogP) is 5.28. The molecule has 1 N–H and O–H groups in total. The summed E-state index contributed by atoms with van der Waals surface area (Å²) in [5, 5.41) is 4.51. The van der Waals surface area contributed by atoms with E-state index in [1.54, 1.807) is 0 Å². The van der Waals surface area contributed by atoms with Crippen LogP contribution in [0.4, 0.5) is 0 Å². The Morgan fingerprint density at radius 1 is 1.08 bits per heavy atom. The number of carbonyl (C=O) groups is 1. The van der Waals surface area contributed by atoms with E-state index in [4.69, 9.17) is 0 Å². The summed E-state index contributed by atoms with van der Waals surface area (Å²) in [5.74, 6) is 1.23. The van der Waals surface area contributed by atoms with E-state index in [1.807, 2.05) is 42.3 Å². The molecule has 208 valence electrons. The number of pyridine rings is 1. The minimum Gasteiger partial charge on any atom is -0.334 e. The van der Waals surface area contributed by atoms with Crippen LogP contribution < -0.4 is 5.56 Å². The largest absolute Gasteiger partial charge is 0.334 e. The van der Waals surface area contributed by atoms with E-state index in [-0.39, 0.29) is 11.5 Å². The summed E-state index contributed by atoms with van der Waals surface area (Å²) in [7, 11) is 0. The van der Waals surface area contributed by atoms with E-state index >= 15 is 0 Å². The molecular formula is C31H41N5O2S. The smallest absolute Gasteiger partial charge is 0.255 e. The SMILES string of the molecule is Cc1cc(C)c(CN2CCc3sc([C@H](C)[C@H]4CC[C@H](N5CC(n6nccc6C)C5)CC4)c(C)c3C2=O)c(=O)[nH]1. The van der Waals surface area contributed by atoms with Crippen LogP contribution in [0.2, 0.25) is 0 Å². The molecule has 3 aromatic rings. The Morgan fingerprint density at radius 2 is 1.82 bits per heavy atom. The zero-order valence-electron chi connectivity index (χ0n) is 23.9. The lowest BCUT2D eigenvalue weighted by molar-refractivity contribution is 0.0262. The minimum absolute atomic E-state index is 0.0803. The van der Waals surface area contributed by atoms with Crippen molar-refractivity contribution in [2.24, 2.45) is 5.92 Å². The third kappa shape index (κ3) is 4.80. The van der Waals surface area contributed by atoms with Gasteiger partial charge < -0.3 is 9.88 Å². The van der Waals surface area contributed by atoms with Crippen molar-refractivity contribution in [3.63, 3.8) is 0 Å². The fraction of sp³-hybridized carbons (Fsp3) is 0.581. The fourth-order valence-electron chi connectivity index (χ4n) is 7.28. The van der Waals surface area contributed by atoms with Gasteiger partial charge in [0.25, 0.3) is 11.5 Å². The molecule has 0 radical (unpaired) electrons. The third-order valence-electron chi connectivity index (χ3n) is 9.69. The quantitative estimate of drug-likeness (QED) is 0.456. The van der Waals surface area contributed by atoms with Gasteiger partial charge in [0, 0.05) is 65.0 Å². The number of aromatic nitrogens is 3. The van der Waals surface area contributed by atoms with Crippen molar-refractivity contribution in [1.82, 2.24) is 24.6 Å². The molecule has 7 nitrogen and oxygen atoms in total. The summed E-state index contributed by atoms with van der Waals surface area (Å²) in [6, 6.07) is 5.31. The maximum Gasteiger partial charge on any atom is 0.255 e. The first-order valence-electron chi connectivity index (χ1n) is 14.6. The van der Waals surface area contributed by atoms with Crippen molar-refractivity contribution in [3.05, 3.63) is 72.1 Å². The number of hydrogen-bond donors (Lipinski definition) is 1. The van der Waals surface area contributed by atoms with Crippen LogP contribution in [-0.4, -0.2) is 56.1 Å². The topological polar surface area (TPSA) is 74.2 Å². The summed E-state index contributed by atoms with van der Waals surface area (Å²) < 4.78 is 2.19. The molecule has 2 aliphatic heterocycles. The van der Waals surface area contributed by atoms with Crippen molar-refractivity contribution >= 4 is 17.2 Å². The number of fused-ring (bicyclic) bond motifs is 1. The minimum atomic E-state index is -0.0803. The summed E-state index contributed by atoms with van der Waals surface area (Å²) in [4.78, 5) is 36.3. The normalized spacial score (nSPS) is 23.1. The van der Waals surface area contributed by atoms with Gasteiger partial charge in [-0.05, 0) is 88.5 Å². The van der Waals surface area contributed by atoms with Crippen LogP contribution in [0, 0.1) is 33.6 Å². The highest BCUT2D eigenvalue weighted by Crippen LogP contribution is 2.44.